The van der Waals surface area contributed by atoms with E-state index in [-0.39, 0.29) is 30.7 Å². The summed E-state index contributed by atoms with van der Waals surface area (Å²) in [4.78, 5) is 22.2. The predicted molar refractivity (Wildman–Crippen MR) is 86.7 cm³/mol. The van der Waals surface area contributed by atoms with E-state index in [1.54, 1.807) is 12.4 Å². The first kappa shape index (κ1) is 20.1. The van der Waals surface area contributed by atoms with E-state index in [4.69, 9.17) is 11.5 Å². The van der Waals surface area contributed by atoms with Crippen LogP contribution in [0.1, 0.15) is 35.4 Å². The number of likely N-dealkylation sites (tertiary alicyclic amines) is 1. The van der Waals surface area contributed by atoms with Gasteiger partial charge in [0.15, 0.2) is 0 Å². The largest absolute Gasteiger partial charge is 0.339 e. The zero-order valence-corrected chi connectivity index (χ0v) is 13.5. The molecule has 1 aromatic heterocycles. The second kappa shape index (κ2) is 9.89. The van der Waals surface area contributed by atoms with E-state index < -0.39 is 0 Å². The fourth-order valence-corrected chi connectivity index (χ4v) is 2.41. The number of nitrogens with zero attached hydrogens (tertiary/aromatic N) is 3. The van der Waals surface area contributed by atoms with Crippen molar-refractivity contribution in [1.29, 1.82) is 0 Å². The van der Waals surface area contributed by atoms with Gasteiger partial charge in [-0.15, -0.1) is 24.8 Å². The number of amides is 1. The first-order valence-electron chi connectivity index (χ1n) is 6.75. The summed E-state index contributed by atoms with van der Waals surface area (Å²) >= 11 is 0. The lowest BCUT2D eigenvalue weighted by Gasteiger charge is -2.31. The molecule has 0 spiro atoms. The second-order valence-corrected chi connectivity index (χ2v) is 4.91. The third kappa shape index (κ3) is 5.39. The number of hydrogen-bond acceptors (Lipinski definition) is 5. The molecule has 21 heavy (non-hydrogen) atoms. The summed E-state index contributed by atoms with van der Waals surface area (Å²) in [6.45, 7) is 2.61. The fourth-order valence-electron chi connectivity index (χ4n) is 2.41. The van der Waals surface area contributed by atoms with E-state index in [2.05, 4.69) is 9.97 Å². The van der Waals surface area contributed by atoms with Gasteiger partial charge in [0, 0.05) is 25.5 Å². The van der Waals surface area contributed by atoms with Gasteiger partial charge in [0.25, 0.3) is 5.91 Å². The summed E-state index contributed by atoms with van der Waals surface area (Å²) in [5.74, 6) is 1.22. The Hall–Kier alpha value is -0.950. The molecular weight excluding hydrogens is 313 g/mol. The summed E-state index contributed by atoms with van der Waals surface area (Å²) in [5.41, 5.74) is 11.5. The minimum atomic E-state index is 0. The Morgan fingerprint density at radius 3 is 2.24 bits per heavy atom. The number of aromatic nitrogens is 2. The van der Waals surface area contributed by atoms with Crippen molar-refractivity contribution in [2.45, 2.75) is 25.8 Å². The molecular formula is C13H23Cl2N5O. The van der Waals surface area contributed by atoms with Gasteiger partial charge < -0.3 is 16.4 Å². The van der Waals surface area contributed by atoms with E-state index in [0.717, 1.165) is 38.9 Å². The Morgan fingerprint density at radius 1 is 1.19 bits per heavy atom. The predicted octanol–water partition coefficient (Wildman–Crippen LogP) is 0.980. The summed E-state index contributed by atoms with van der Waals surface area (Å²) < 4.78 is 0. The van der Waals surface area contributed by atoms with Crippen LogP contribution < -0.4 is 11.5 Å². The minimum absolute atomic E-state index is 0. The molecule has 1 aromatic rings. The van der Waals surface area contributed by atoms with Crippen LogP contribution in [-0.4, -0.2) is 40.4 Å². The zero-order chi connectivity index (χ0) is 13.7. The highest BCUT2D eigenvalue weighted by molar-refractivity contribution is 5.93. The smallest absolute Gasteiger partial charge is 0.256 e. The SMILES string of the molecule is Cl.Cl.NCCC1CCN(C(=O)c2cnc(CN)nc2)CC1. The van der Waals surface area contributed by atoms with Crippen molar-refractivity contribution >= 4 is 30.7 Å². The number of hydrogen-bond donors (Lipinski definition) is 2. The van der Waals surface area contributed by atoms with Gasteiger partial charge in [-0.25, -0.2) is 9.97 Å². The Bertz CT molecular complexity index is 421. The molecule has 1 aliphatic rings. The number of nitrogens with two attached hydrogens (primary N) is 2. The van der Waals surface area contributed by atoms with Crippen LogP contribution in [0.5, 0.6) is 0 Å². The van der Waals surface area contributed by atoms with Crippen molar-refractivity contribution in [3.05, 3.63) is 23.8 Å². The molecule has 6 nitrogen and oxygen atoms in total. The monoisotopic (exact) mass is 335 g/mol. The summed E-state index contributed by atoms with van der Waals surface area (Å²) in [6.07, 6.45) is 6.23. The third-order valence-electron chi connectivity index (χ3n) is 3.61. The lowest BCUT2D eigenvalue weighted by atomic mass is 9.93. The summed E-state index contributed by atoms with van der Waals surface area (Å²) in [5, 5.41) is 0. The quantitative estimate of drug-likeness (QED) is 0.854. The molecule has 0 aliphatic carbocycles. The molecule has 8 heteroatoms. The molecule has 2 heterocycles. The molecule has 0 unspecified atom stereocenters. The first-order valence-corrected chi connectivity index (χ1v) is 6.75. The van der Waals surface area contributed by atoms with Crippen LogP contribution in [0.4, 0.5) is 0 Å². The average molecular weight is 336 g/mol. The Labute approximate surface area is 137 Å². The van der Waals surface area contributed by atoms with Crippen molar-refractivity contribution in [1.82, 2.24) is 14.9 Å². The van der Waals surface area contributed by atoms with Crippen LogP contribution >= 0.6 is 24.8 Å². The van der Waals surface area contributed by atoms with Crippen molar-refractivity contribution in [3.63, 3.8) is 0 Å². The van der Waals surface area contributed by atoms with Crippen molar-refractivity contribution in [3.8, 4) is 0 Å². The number of piperidine rings is 1. The second-order valence-electron chi connectivity index (χ2n) is 4.91. The highest BCUT2D eigenvalue weighted by Gasteiger charge is 2.23. The number of carbonyl (C=O) groups is 1. The molecule has 1 saturated heterocycles. The van der Waals surface area contributed by atoms with E-state index >= 15 is 0 Å². The summed E-state index contributed by atoms with van der Waals surface area (Å²) in [6, 6.07) is 0. The van der Waals surface area contributed by atoms with Gasteiger partial charge >= 0.3 is 0 Å². The van der Waals surface area contributed by atoms with Crippen LogP contribution in [0.15, 0.2) is 12.4 Å². The van der Waals surface area contributed by atoms with Crippen molar-refractivity contribution < 1.29 is 4.79 Å². The van der Waals surface area contributed by atoms with Gasteiger partial charge in [-0.3, -0.25) is 4.79 Å². The lowest BCUT2D eigenvalue weighted by molar-refractivity contribution is 0.0687. The Kier molecular flexibility index (Phi) is 9.44. The van der Waals surface area contributed by atoms with E-state index in [0.29, 0.717) is 23.9 Å². The fraction of sp³-hybridized carbons (Fsp3) is 0.615. The van der Waals surface area contributed by atoms with Crippen molar-refractivity contribution in [2.24, 2.45) is 17.4 Å². The molecule has 0 saturated carbocycles. The van der Waals surface area contributed by atoms with E-state index in [1.807, 2.05) is 4.90 Å². The van der Waals surface area contributed by atoms with Crippen LogP contribution in [0.25, 0.3) is 0 Å². The highest BCUT2D eigenvalue weighted by atomic mass is 35.5. The molecule has 0 radical (unpaired) electrons. The first-order chi connectivity index (χ1) is 9.24. The number of halogens is 2. The molecule has 0 atom stereocenters. The van der Waals surface area contributed by atoms with Gasteiger partial charge in [-0.05, 0) is 31.7 Å². The van der Waals surface area contributed by atoms with Gasteiger partial charge in [-0.1, -0.05) is 0 Å². The van der Waals surface area contributed by atoms with E-state index in [9.17, 15) is 4.79 Å². The maximum absolute atomic E-state index is 12.3. The number of rotatable bonds is 4. The van der Waals surface area contributed by atoms with Gasteiger partial charge in [0.1, 0.15) is 5.82 Å². The molecule has 0 aromatic carbocycles. The third-order valence-corrected chi connectivity index (χ3v) is 3.61. The highest BCUT2D eigenvalue weighted by Crippen LogP contribution is 2.20. The molecule has 0 bridgehead atoms. The molecule has 2 rings (SSSR count). The zero-order valence-electron chi connectivity index (χ0n) is 11.9. The van der Waals surface area contributed by atoms with Gasteiger partial charge in [-0.2, -0.15) is 0 Å². The number of carbonyl (C=O) groups excluding carboxylic acids is 1. The normalized spacial score (nSPS) is 15.0. The lowest BCUT2D eigenvalue weighted by Crippen LogP contribution is -2.39. The van der Waals surface area contributed by atoms with E-state index in [1.165, 1.54) is 0 Å². The van der Waals surface area contributed by atoms with Crippen LogP contribution in [0.2, 0.25) is 0 Å². The standard InChI is InChI=1S/C13H21N5O.2ClH/c14-4-1-10-2-5-18(6-3-10)13(19)11-8-16-12(7-15)17-9-11;;/h8-10H,1-7,14-15H2;2*1H. The van der Waals surface area contributed by atoms with Crippen LogP contribution in [0.3, 0.4) is 0 Å². The summed E-state index contributed by atoms with van der Waals surface area (Å²) in [7, 11) is 0. The molecule has 120 valence electrons. The molecule has 4 N–H and O–H groups in total. The Balaban J connectivity index is 0.00000200. The minimum Gasteiger partial charge on any atom is -0.339 e. The van der Waals surface area contributed by atoms with Gasteiger partial charge in [0.2, 0.25) is 0 Å². The maximum atomic E-state index is 12.3. The van der Waals surface area contributed by atoms with Crippen LogP contribution in [0, 0.1) is 5.92 Å². The molecule has 1 aliphatic heterocycles. The Morgan fingerprint density at radius 2 is 1.76 bits per heavy atom. The van der Waals surface area contributed by atoms with Crippen LogP contribution in [-0.2, 0) is 6.54 Å². The molecule has 1 amide bonds. The average Bonchev–Trinajstić information content (AvgIpc) is 2.48. The molecule has 1 fully saturated rings. The van der Waals surface area contributed by atoms with Gasteiger partial charge in [0.05, 0.1) is 12.1 Å². The topological polar surface area (TPSA) is 98.1 Å². The van der Waals surface area contributed by atoms with Crippen molar-refractivity contribution in [2.75, 3.05) is 19.6 Å². The maximum Gasteiger partial charge on any atom is 0.256 e.